The number of carbonyl (C=O) groups is 3. The van der Waals surface area contributed by atoms with Crippen molar-refractivity contribution in [3.8, 4) is 5.75 Å². The van der Waals surface area contributed by atoms with Crippen molar-refractivity contribution < 1.29 is 23.5 Å². The molecule has 1 aromatic carbocycles. The van der Waals surface area contributed by atoms with E-state index in [0.717, 1.165) is 11.0 Å². The van der Waals surface area contributed by atoms with E-state index < -0.39 is 11.6 Å². The first-order chi connectivity index (χ1) is 11.0. The summed E-state index contributed by atoms with van der Waals surface area (Å²) in [6, 6.07) is 3.82. The number of nitrogens with zero attached hydrogens (tertiary/aromatic N) is 1. The number of fused-ring (bicyclic) bond motifs is 1. The predicted octanol–water partition coefficient (Wildman–Crippen LogP) is 1.97. The molecule has 6 heteroatoms. The molecule has 1 aliphatic heterocycles. The smallest absolute Gasteiger partial charge is 0.233 e. The normalized spacial score (nSPS) is 23.1. The van der Waals surface area contributed by atoms with E-state index in [9.17, 15) is 18.8 Å². The summed E-state index contributed by atoms with van der Waals surface area (Å²) >= 11 is 0. The zero-order chi connectivity index (χ0) is 16.6. The van der Waals surface area contributed by atoms with Crippen LogP contribution in [-0.2, 0) is 9.59 Å². The number of allylic oxidation sites excluding steroid dienone is 2. The lowest BCUT2D eigenvalue weighted by atomic mass is 9.85. The minimum atomic E-state index is -0.657. The van der Waals surface area contributed by atoms with Crippen LogP contribution in [0.4, 0.5) is 4.39 Å². The largest absolute Gasteiger partial charge is 0.494 e. The highest BCUT2D eigenvalue weighted by atomic mass is 19.1. The number of hydrogen-bond acceptors (Lipinski definition) is 4. The number of hydrogen-bond donors (Lipinski definition) is 0. The van der Waals surface area contributed by atoms with Crippen LogP contribution in [0.5, 0.6) is 5.75 Å². The molecule has 120 valence electrons. The third-order valence-corrected chi connectivity index (χ3v) is 4.37. The van der Waals surface area contributed by atoms with Gasteiger partial charge < -0.3 is 4.74 Å². The second-order valence-electron chi connectivity index (χ2n) is 5.69. The Morgan fingerprint density at radius 1 is 1.22 bits per heavy atom. The molecule has 1 aliphatic carbocycles. The van der Waals surface area contributed by atoms with Gasteiger partial charge in [-0.25, -0.2) is 4.39 Å². The van der Waals surface area contributed by atoms with Crippen molar-refractivity contribution in [3.05, 3.63) is 41.7 Å². The summed E-state index contributed by atoms with van der Waals surface area (Å²) < 4.78 is 18.5. The number of rotatable bonds is 4. The highest BCUT2D eigenvalue weighted by Gasteiger charge is 2.47. The van der Waals surface area contributed by atoms with Crippen molar-refractivity contribution in [2.75, 3.05) is 13.7 Å². The molecule has 0 saturated carbocycles. The molecule has 1 fully saturated rings. The van der Waals surface area contributed by atoms with Gasteiger partial charge in [-0.2, -0.15) is 0 Å². The van der Waals surface area contributed by atoms with E-state index in [1.807, 2.05) is 12.2 Å². The Kier molecular flexibility index (Phi) is 3.98. The number of carbonyl (C=O) groups excluding carboxylic acids is 3. The second-order valence-corrected chi connectivity index (χ2v) is 5.69. The van der Waals surface area contributed by atoms with E-state index in [0.29, 0.717) is 12.8 Å². The van der Waals surface area contributed by atoms with E-state index in [2.05, 4.69) is 0 Å². The van der Waals surface area contributed by atoms with E-state index in [1.54, 1.807) is 0 Å². The Balaban J connectivity index is 1.77. The van der Waals surface area contributed by atoms with Gasteiger partial charge in [-0.3, -0.25) is 19.3 Å². The second kappa shape index (κ2) is 5.95. The van der Waals surface area contributed by atoms with Crippen molar-refractivity contribution >= 4 is 17.6 Å². The Labute approximate surface area is 132 Å². The summed E-state index contributed by atoms with van der Waals surface area (Å²) in [5.41, 5.74) is 0.108. The van der Waals surface area contributed by atoms with Crippen molar-refractivity contribution in [1.29, 1.82) is 0 Å². The Hall–Kier alpha value is -2.50. The first kappa shape index (κ1) is 15.4. The van der Waals surface area contributed by atoms with E-state index in [4.69, 9.17) is 4.74 Å². The number of Topliss-reactive ketones (excluding diaryl/α,β-unsaturated/α-hetero) is 1. The lowest BCUT2D eigenvalue weighted by molar-refractivity contribution is -0.139. The lowest BCUT2D eigenvalue weighted by Gasteiger charge is -2.14. The molecule has 0 radical (unpaired) electrons. The molecule has 1 heterocycles. The summed E-state index contributed by atoms with van der Waals surface area (Å²) in [4.78, 5) is 37.9. The fourth-order valence-electron chi connectivity index (χ4n) is 3.10. The van der Waals surface area contributed by atoms with Crippen LogP contribution in [0.2, 0.25) is 0 Å². The van der Waals surface area contributed by atoms with Gasteiger partial charge in [-0.15, -0.1) is 0 Å². The molecule has 0 bridgehead atoms. The third kappa shape index (κ3) is 2.65. The number of imide groups is 1. The van der Waals surface area contributed by atoms with Crippen LogP contribution in [0.15, 0.2) is 30.4 Å². The zero-order valence-electron chi connectivity index (χ0n) is 12.6. The van der Waals surface area contributed by atoms with Gasteiger partial charge in [0, 0.05) is 5.56 Å². The van der Waals surface area contributed by atoms with Gasteiger partial charge in [-0.05, 0) is 31.0 Å². The first-order valence-corrected chi connectivity index (χ1v) is 7.40. The Bertz CT molecular complexity index is 687. The summed E-state index contributed by atoms with van der Waals surface area (Å²) in [5, 5.41) is 0. The van der Waals surface area contributed by atoms with Gasteiger partial charge in [-0.1, -0.05) is 12.2 Å². The molecule has 2 aliphatic rings. The molecule has 0 N–H and O–H groups in total. The molecule has 0 aromatic heterocycles. The summed E-state index contributed by atoms with van der Waals surface area (Å²) in [5.74, 6) is -2.46. The SMILES string of the molecule is COc1ccc(C(=O)CN2C(=O)[C@H]3CC=CC[C@@H]3C2=O)cc1F. The summed E-state index contributed by atoms with van der Waals surface area (Å²) in [7, 11) is 1.33. The fourth-order valence-corrected chi connectivity index (χ4v) is 3.10. The summed E-state index contributed by atoms with van der Waals surface area (Å²) in [6.45, 7) is -0.351. The standard InChI is InChI=1S/C17H16FNO4/c1-23-15-7-6-10(8-13(15)18)14(20)9-19-16(21)11-4-2-3-5-12(11)17(19)22/h2-3,6-8,11-12H,4-5,9H2,1H3/t11-,12-/m0/s1. The predicted molar refractivity (Wildman–Crippen MR) is 79.4 cm³/mol. The molecule has 2 atom stereocenters. The van der Waals surface area contributed by atoms with E-state index in [1.165, 1.54) is 19.2 Å². The van der Waals surface area contributed by atoms with Crippen LogP contribution in [0.3, 0.4) is 0 Å². The topological polar surface area (TPSA) is 63.7 Å². The number of amides is 2. The molecular weight excluding hydrogens is 301 g/mol. The number of ether oxygens (including phenoxy) is 1. The van der Waals surface area contributed by atoms with Gasteiger partial charge in [0.2, 0.25) is 11.8 Å². The monoisotopic (exact) mass is 317 g/mol. The number of benzene rings is 1. The molecule has 3 rings (SSSR count). The van der Waals surface area contributed by atoms with Crippen molar-refractivity contribution in [3.63, 3.8) is 0 Å². The average Bonchev–Trinajstić information content (AvgIpc) is 2.80. The molecule has 1 saturated heterocycles. The zero-order valence-corrected chi connectivity index (χ0v) is 12.6. The maximum Gasteiger partial charge on any atom is 0.233 e. The van der Waals surface area contributed by atoms with Crippen LogP contribution in [0.1, 0.15) is 23.2 Å². The van der Waals surface area contributed by atoms with Crippen LogP contribution < -0.4 is 4.74 Å². The average molecular weight is 317 g/mol. The Morgan fingerprint density at radius 2 is 1.83 bits per heavy atom. The number of methoxy groups -OCH3 is 1. The van der Waals surface area contributed by atoms with Gasteiger partial charge in [0.1, 0.15) is 0 Å². The quantitative estimate of drug-likeness (QED) is 0.484. The van der Waals surface area contributed by atoms with Crippen LogP contribution >= 0.6 is 0 Å². The highest BCUT2D eigenvalue weighted by molar-refractivity contribution is 6.10. The summed E-state index contributed by atoms with van der Waals surface area (Å²) in [6.07, 6.45) is 4.82. The maximum atomic E-state index is 13.7. The molecule has 0 spiro atoms. The lowest BCUT2D eigenvalue weighted by Crippen LogP contribution is -2.36. The van der Waals surface area contributed by atoms with Crippen molar-refractivity contribution in [1.82, 2.24) is 4.90 Å². The Morgan fingerprint density at radius 3 is 2.35 bits per heavy atom. The third-order valence-electron chi connectivity index (χ3n) is 4.37. The molecule has 1 aromatic rings. The van der Waals surface area contributed by atoms with Crippen LogP contribution in [-0.4, -0.2) is 36.2 Å². The van der Waals surface area contributed by atoms with Crippen LogP contribution in [0.25, 0.3) is 0 Å². The van der Waals surface area contributed by atoms with E-state index in [-0.39, 0.29) is 41.5 Å². The minimum Gasteiger partial charge on any atom is -0.494 e. The number of ketones is 1. The minimum absolute atomic E-state index is 0.0342. The van der Waals surface area contributed by atoms with Crippen molar-refractivity contribution in [2.24, 2.45) is 11.8 Å². The highest BCUT2D eigenvalue weighted by Crippen LogP contribution is 2.35. The van der Waals surface area contributed by atoms with Crippen LogP contribution in [0, 0.1) is 17.7 Å². The molecule has 2 amide bonds. The van der Waals surface area contributed by atoms with Gasteiger partial charge >= 0.3 is 0 Å². The van der Waals surface area contributed by atoms with Gasteiger partial charge in [0.15, 0.2) is 17.3 Å². The van der Waals surface area contributed by atoms with Gasteiger partial charge in [0.25, 0.3) is 0 Å². The first-order valence-electron chi connectivity index (χ1n) is 7.40. The number of likely N-dealkylation sites (tertiary alicyclic amines) is 1. The fraction of sp³-hybridized carbons (Fsp3) is 0.353. The molecule has 0 unspecified atom stereocenters. The van der Waals surface area contributed by atoms with E-state index >= 15 is 0 Å². The van der Waals surface area contributed by atoms with Gasteiger partial charge in [0.05, 0.1) is 25.5 Å². The maximum absolute atomic E-state index is 13.7. The van der Waals surface area contributed by atoms with Crippen molar-refractivity contribution in [2.45, 2.75) is 12.8 Å². The molecule has 23 heavy (non-hydrogen) atoms. The molecule has 5 nitrogen and oxygen atoms in total. The number of halogens is 1. The molecular formula is C17H16FNO4.